The Morgan fingerprint density at radius 1 is 1.30 bits per heavy atom. The zero-order chi connectivity index (χ0) is 19.2. The van der Waals surface area contributed by atoms with Gasteiger partial charge in [0.2, 0.25) is 5.91 Å². The second-order valence-corrected chi connectivity index (χ2v) is 6.72. The van der Waals surface area contributed by atoms with Crippen LogP contribution in [-0.2, 0) is 16.0 Å². The number of piperidine rings is 1. The fraction of sp³-hybridized carbons (Fsp3) is 0.450. The number of nitrogens with zero attached hydrogens (tertiary/aromatic N) is 2. The molecule has 2 amide bonds. The highest BCUT2D eigenvalue weighted by molar-refractivity contribution is 5.91. The van der Waals surface area contributed by atoms with Crippen molar-refractivity contribution in [2.24, 2.45) is 5.92 Å². The van der Waals surface area contributed by atoms with Crippen LogP contribution in [0.1, 0.15) is 31.1 Å². The molecule has 144 valence electrons. The topological polar surface area (TPSA) is 84.7 Å². The molecule has 7 nitrogen and oxygen atoms in total. The number of aryl methyl sites for hydroxylation is 2. The Morgan fingerprint density at radius 2 is 2.04 bits per heavy atom. The van der Waals surface area contributed by atoms with Gasteiger partial charge < -0.3 is 19.5 Å². The molecule has 0 radical (unpaired) electrons. The van der Waals surface area contributed by atoms with Crippen molar-refractivity contribution in [3.05, 3.63) is 41.7 Å². The number of likely N-dealkylation sites (tertiary alicyclic amines) is 1. The number of benzene rings is 1. The zero-order valence-electron chi connectivity index (χ0n) is 15.7. The molecule has 1 aromatic carbocycles. The molecule has 1 N–H and O–H groups in total. The van der Waals surface area contributed by atoms with Gasteiger partial charge in [-0.15, -0.1) is 0 Å². The highest BCUT2D eigenvalue weighted by atomic mass is 16.5. The number of rotatable bonds is 6. The Labute approximate surface area is 158 Å². The third kappa shape index (κ3) is 4.87. The molecule has 0 bridgehead atoms. The number of anilines is 1. The molecule has 27 heavy (non-hydrogen) atoms. The lowest BCUT2D eigenvalue weighted by Crippen LogP contribution is -2.43. The zero-order valence-corrected chi connectivity index (χ0v) is 15.7. The number of hydrogen-bond acceptors (Lipinski definition) is 5. The van der Waals surface area contributed by atoms with Crippen LogP contribution >= 0.6 is 0 Å². The average molecular weight is 371 g/mol. The van der Waals surface area contributed by atoms with E-state index in [1.165, 1.54) is 0 Å². The maximum absolute atomic E-state index is 12.4. The Balaban J connectivity index is 1.45. The molecule has 1 fully saturated rings. The van der Waals surface area contributed by atoms with Crippen LogP contribution in [0.5, 0.6) is 5.75 Å². The predicted molar refractivity (Wildman–Crippen MR) is 100 cm³/mol. The summed E-state index contributed by atoms with van der Waals surface area (Å²) in [7, 11) is 0. The van der Waals surface area contributed by atoms with Crippen molar-refractivity contribution in [3.63, 3.8) is 0 Å². The lowest BCUT2D eigenvalue weighted by Gasteiger charge is -2.31. The second kappa shape index (κ2) is 8.70. The Hall–Kier alpha value is -2.83. The van der Waals surface area contributed by atoms with E-state index in [9.17, 15) is 9.59 Å². The van der Waals surface area contributed by atoms with Gasteiger partial charge in [0.15, 0.2) is 12.4 Å². The van der Waals surface area contributed by atoms with Crippen molar-refractivity contribution in [1.29, 1.82) is 0 Å². The van der Waals surface area contributed by atoms with Crippen molar-refractivity contribution in [2.75, 3.05) is 25.0 Å². The van der Waals surface area contributed by atoms with Gasteiger partial charge >= 0.3 is 0 Å². The third-order valence-electron chi connectivity index (χ3n) is 4.80. The van der Waals surface area contributed by atoms with Crippen LogP contribution < -0.4 is 10.1 Å². The summed E-state index contributed by atoms with van der Waals surface area (Å²) in [5, 5.41) is 6.54. The number of amides is 2. The standard InChI is InChI=1S/C20H25N3O4/c1-3-15-6-4-5-7-17(15)26-13-19(24)23-10-8-16(9-11-23)20(25)21-18-12-14(2)27-22-18/h4-7,12,16H,3,8-11,13H2,1-2H3,(H,21,22,25). The van der Waals surface area contributed by atoms with Crippen LogP contribution in [0.4, 0.5) is 5.82 Å². The molecular weight excluding hydrogens is 346 g/mol. The fourth-order valence-corrected chi connectivity index (χ4v) is 3.21. The molecule has 2 aromatic rings. The van der Waals surface area contributed by atoms with E-state index in [-0.39, 0.29) is 24.3 Å². The number of para-hydroxylation sites is 1. The van der Waals surface area contributed by atoms with Crippen LogP contribution in [0.2, 0.25) is 0 Å². The largest absolute Gasteiger partial charge is 0.483 e. The van der Waals surface area contributed by atoms with Crippen LogP contribution in [0, 0.1) is 12.8 Å². The molecule has 0 unspecified atom stereocenters. The maximum Gasteiger partial charge on any atom is 0.260 e. The van der Waals surface area contributed by atoms with E-state index < -0.39 is 0 Å². The van der Waals surface area contributed by atoms with Gasteiger partial charge in [0.25, 0.3) is 5.91 Å². The summed E-state index contributed by atoms with van der Waals surface area (Å²) in [6.45, 7) is 4.95. The lowest BCUT2D eigenvalue weighted by molar-refractivity contribution is -0.136. The van der Waals surface area contributed by atoms with E-state index >= 15 is 0 Å². The molecular formula is C20H25N3O4. The van der Waals surface area contributed by atoms with Crippen LogP contribution in [-0.4, -0.2) is 41.6 Å². The van der Waals surface area contributed by atoms with Crippen LogP contribution in [0.15, 0.2) is 34.9 Å². The molecule has 0 atom stereocenters. The molecule has 1 saturated heterocycles. The summed E-state index contributed by atoms with van der Waals surface area (Å²) in [4.78, 5) is 26.5. The van der Waals surface area contributed by atoms with Gasteiger partial charge in [0.1, 0.15) is 11.5 Å². The van der Waals surface area contributed by atoms with Gasteiger partial charge in [0.05, 0.1) is 0 Å². The van der Waals surface area contributed by atoms with E-state index in [1.54, 1.807) is 17.9 Å². The first-order valence-electron chi connectivity index (χ1n) is 9.29. The Morgan fingerprint density at radius 3 is 2.70 bits per heavy atom. The minimum atomic E-state index is -0.132. The normalized spacial score (nSPS) is 14.8. The minimum absolute atomic E-state index is 0.0199. The number of hydrogen-bond donors (Lipinski definition) is 1. The average Bonchev–Trinajstić information content (AvgIpc) is 3.11. The quantitative estimate of drug-likeness (QED) is 0.844. The summed E-state index contributed by atoms with van der Waals surface area (Å²) < 4.78 is 10.7. The summed E-state index contributed by atoms with van der Waals surface area (Å²) in [6.07, 6.45) is 2.11. The van der Waals surface area contributed by atoms with Gasteiger partial charge in [-0.1, -0.05) is 30.3 Å². The van der Waals surface area contributed by atoms with Crippen molar-refractivity contribution >= 4 is 17.6 Å². The minimum Gasteiger partial charge on any atom is -0.483 e. The van der Waals surface area contributed by atoms with Gasteiger partial charge in [0, 0.05) is 25.1 Å². The molecule has 1 aliphatic rings. The summed E-state index contributed by atoms with van der Waals surface area (Å²) in [5.74, 6) is 1.57. The van der Waals surface area contributed by atoms with Gasteiger partial charge in [-0.05, 0) is 37.8 Å². The number of aromatic nitrogens is 1. The van der Waals surface area contributed by atoms with Crippen molar-refractivity contribution in [3.8, 4) is 5.75 Å². The lowest BCUT2D eigenvalue weighted by atomic mass is 9.96. The summed E-state index contributed by atoms with van der Waals surface area (Å²) >= 11 is 0. The summed E-state index contributed by atoms with van der Waals surface area (Å²) in [5.41, 5.74) is 1.09. The molecule has 2 heterocycles. The highest BCUT2D eigenvalue weighted by Gasteiger charge is 2.28. The molecule has 1 aliphatic heterocycles. The first-order chi connectivity index (χ1) is 13.1. The third-order valence-corrected chi connectivity index (χ3v) is 4.80. The summed E-state index contributed by atoms with van der Waals surface area (Å²) in [6, 6.07) is 9.43. The molecule has 7 heteroatoms. The fourth-order valence-electron chi connectivity index (χ4n) is 3.21. The smallest absolute Gasteiger partial charge is 0.260 e. The van der Waals surface area contributed by atoms with E-state index in [2.05, 4.69) is 17.4 Å². The van der Waals surface area contributed by atoms with E-state index in [0.717, 1.165) is 17.7 Å². The van der Waals surface area contributed by atoms with Crippen molar-refractivity contribution in [1.82, 2.24) is 10.1 Å². The van der Waals surface area contributed by atoms with Crippen LogP contribution in [0.25, 0.3) is 0 Å². The van der Waals surface area contributed by atoms with Gasteiger partial charge in [-0.25, -0.2) is 0 Å². The molecule has 0 saturated carbocycles. The molecule has 0 spiro atoms. The number of ether oxygens (including phenoxy) is 1. The molecule has 0 aliphatic carbocycles. The van der Waals surface area contributed by atoms with E-state index in [4.69, 9.17) is 9.26 Å². The molecule has 1 aromatic heterocycles. The Bertz CT molecular complexity index is 794. The monoisotopic (exact) mass is 371 g/mol. The predicted octanol–water partition coefficient (Wildman–Crippen LogP) is 2.80. The van der Waals surface area contributed by atoms with Crippen molar-refractivity contribution < 1.29 is 18.8 Å². The number of carbonyl (C=O) groups excluding carboxylic acids is 2. The number of carbonyl (C=O) groups is 2. The Kier molecular flexibility index (Phi) is 6.11. The highest BCUT2D eigenvalue weighted by Crippen LogP contribution is 2.21. The SMILES string of the molecule is CCc1ccccc1OCC(=O)N1CCC(C(=O)Nc2cc(C)on2)CC1. The maximum atomic E-state index is 12.4. The first-order valence-corrected chi connectivity index (χ1v) is 9.29. The number of nitrogens with one attached hydrogen (secondary N) is 1. The van der Waals surface area contributed by atoms with Crippen molar-refractivity contribution in [2.45, 2.75) is 33.1 Å². The molecule has 3 rings (SSSR count). The van der Waals surface area contributed by atoms with E-state index in [1.807, 2.05) is 24.3 Å². The first kappa shape index (κ1) is 18.9. The van der Waals surface area contributed by atoms with Crippen LogP contribution in [0.3, 0.4) is 0 Å². The second-order valence-electron chi connectivity index (χ2n) is 6.72. The van der Waals surface area contributed by atoms with Gasteiger partial charge in [-0.3, -0.25) is 9.59 Å². The van der Waals surface area contributed by atoms with E-state index in [0.29, 0.717) is 37.5 Å². The van der Waals surface area contributed by atoms with Gasteiger partial charge in [-0.2, -0.15) is 0 Å².